The molecule has 0 aliphatic carbocycles. The lowest BCUT2D eigenvalue weighted by molar-refractivity contribution is 0.387. The van der Waals surface area contributed by atoms with Crippen molar-refractivity contribution in [1.82, 2.24) is 20.8 Å². The summed E-state index contributed by atoms with van der Waals surface area (Å²) in [5, 5.41) is 14.7. The number of aliphatic imine (C=N–C) groups is 1. The number of thiophene rings is 1. The van der Waals surface area contributed by atoms with Gasteiger partial charge in [0.05, 0.1) is 0 Å². The second-order valence-electron chi connectivity index (χ2n) is 4.76. The summed E-state index contributed by atoms with van der Waals surface area (Å²) in [6, 6.07) is 2.16. The first-order valence-electron chi connectivity index (χ1n) is 7.02. The number of guanidine groups is 1. The lowest BCUT2D eigenvalue weighted by Crippen LogP contribution is -2.39. The Hall–Kier alpha value is -1.16. The van der Waals surface area contributed by atoms with Gasteiger partial charge in [-0.3, -0.25) is 0 Å². The minimum absolute atomic E-state index is 0. The smallest absolute Gasteiger partial charge is 0.223 e. The van der Waals surface area contributed by atoms with E-state index < -0.39 is 0 Å². The molecule has 1 unspecified atom stereocenters. The Kier molecular flexibility index (Phi) is 8.39. The van der Waals surface area contributed by atoms with Crippen molar-refractivity contribution in [3.05, 3.63) is 34.1 Å². The second kappa shape index (κ2) is 9.78. The highest BCUT2D eigenvalue weighted by molar-refractivity contribution is 14.0. The van der Waals surface area contributed by atoms with Gasteiger partial charge in [0, 0.05) is 20.0 Å². The van der Waals surface area contributed by atoms with Crippen LogP contribution in [-0.4, -0.2) is 29.2 Å². The normalized spacial score (nSPS) is 12.6. The highest BCUT2D eigenvalue weighted by atomic mass is 127. The van der Waals surface area contributed by atoms with Crippen molar-refractivity contribution in [2.75, 3.05) is 13.1 Å². The van der Waals surface area contributed by atoms with Crippen molar-refractivity contribution < 1.29 is 4.52 Å². The Bertz CT molecular complexity index is 570. The van der Waals surface area contributed by atoms with Crippen LogP contribution in [0.4, 0.5) is 0 Å². The first-order valence-corrected chi connectivity index (χ1v) is 7.96. The van der Waals surface area contributed by atoms with Crippen LogP contribution in [-0.2, 0) is 6.54 Å². The molecule has 2 aromatic heterocycles. The van der Waals surface area contributed by atoms with Gasteiger partial charge in [-0.25, -0.2) is 4.99 Å². The van der Waals surface area contributed by atoms with Gasteiger partial charge in [0.1, 0.15) is 6.54 Å². The van der Waals surface area contributed by atoms with Crippen molar-refractivity contribution >= 4 is 41.3 Å². The molecule has 2 heterocycles. The van der Waals surface area contributed by atoms with E-state index in [4.69, 9.17) is 4.52 Å². The average molecular weight is 435 g/mol. The van der Waals surface area contributed by atoms with Crippen LogP contribution in [0.15, 0.2) is 26.3 Å². The fourth-order valence-corrected chi connectivity index (χ4v) is 2.60. The van der Waals surface area contributed by atoms with E-state index in [1.54, 1.807) is 18.3 Å². The van der Waals surface area contributed by atoms with E-state index in [2.05, 4.69) is 49.5 Å². The first-order chi connectivity index (χ1) is 10.2. The van der Waals surface area contributed by atoms with E-state index in [1.807, 2.05) is 6.92 Å². The number of halogens is 1. The molecule has 2 rings (SSSR count). The Morgan fingerprint density at radius 1 is 1.45 bits per heavy atom. The maximum atomic E-state index is 4.93. The molecule has 0 aliphatic heterocycles. The Balaban J connectivity index is 0.00000242. The van der Waals surface area contributed by atoms with Crippen LogP contribution in [0.25, 0.3) is 0 Å². The third-order valence-electron chi connectivity index (χ3n) is 2.98. The van der Waals surface area contributed by atoms with E-state index >= 15 is 0 Å². The second-order valence-corrected chi connectivity index (χ2v) is 5.54. The van der Waals surface area contributed by atoms with E-state index in [0.29, 0.717) is 24.2 Å². The minimum atomic E-state index is 0. The van der Waals surface area contributed by atoms with E-state index in [9.17, 15) is 0 Å². The van der Waals surface area contributed by atoms with Gasteiger partial charge in [0.2, 0.25) is 5.89 Å². The molecule has 2 N–H and O–H groups in total. The number of aryl methyl sites for hydroxylation is 1. The van der Waals surface area contributed by atoms with Crippen molar-refractivity contribution in [2.24, 2.45) is 4.99 Å². The number of nitrogens with zero attached hydrogens (tertiary/aromatic N) is 3. The molecule has 0 fully saturated rings. The fraction of sp³-hybridized carbons (Fsp3) is 0.500. The molecule has 0 aliphatic rings. The van der Waals surface area contributed by atoms with Crippen LogP contribution in [0.5, 0.6) is 0 Å². The molecule has 122 valence electrons. The zero-order valence-electron chi connectivity index (χ0n) is 13.0. The zero-order chi connectivity index (χ0) is 15.1. The third kappa shape index (κ3) is 5.91. The molecular weight excluding hydrogens is 413 g/mol. The van der Waals surface area contributed by atoms with Gasteiger partial charge in [-0.15, -0.1) is 24.0 Å². The summed E-state index contributed by atoms with van der Waals surface area (Å²) in [5.41, 5.74) is 1.34. The Morgan fingerprint density at radius 2 is 2.27 bits per heavy atom. The standard InChI is InChI=1S/C14H21N5OS.HI/c1-4-15-14(17-8-13-18-11(3)20-19-13)16-7-10(2)12-5-6-21-9-12;/h5-6,9-10H,4,7-8H2,1-3H3,(H2,15,16,17);1H. The van der Waals surface area contributed by atoms with Gasteiger partial charge in [-0.1, -0.05) is 12.1 Å². The van der Waals surface area contributed by atoms with Gasteiger partial charge >= 0.3 is 0 Å². The molecule has 6 nitrogen and oxygen atoms in total. The maximum Gasteiger partial charge on any atom is 0.223 e. The summed E-state index contributed by atoms with van der Waals surface area (Å²) in [7, 11) is 0. The van der Waals surface area contributed by atoms with Crippen molar-refractivity contribution in [2.45, 2.75) is 33.2 Å². The number of hydrogen-bond donors (Lipinski definition) is 2. The minimum Gasteiger partial charge on any atom is -0.357 e. The molecular formula is C14H22IN5OS. The molecule has 0 spiro atoms. The van der Waals surface area contributed by atoms with Crippen LogP contribution in [0.3, 0.4) is 0 Å². The first kappa shape index (κ1) is 18.9. The predicted octanol–water partition coefficient (Wildman–Crippen LogP) is 2.92. The fourth-order valence-electron chi connectivity index (χ4n) is 1.82. The molecule has 8 heteroatoms. The van der Waals surface area contributed by atoms with Crippen LogP contribution in [0.2, 0.25) is 0 Å². The molecule has 1 atom stereocenters. The molecule has 0 saturated carbocycles. The van der Waals surface area contributed by atoms with Gasteiger partial charge < -0.3 is 15.2 Å². The quantitative estimate of drug-likeness (QED) is 0.415. The number of aromatic nitrogens is 2. The lowest BCUT2D eigenvalue weighted by Gasteiger charge is -2.14. The lowest BCUT2D eigenvalue weighted by atomic mass is 10.1. The summed E-state index contributed by atoms with van der Waals surface area (Å²) in [6.45, 7) is 8.04. The van der Waals surface area contributed by atoms with Crippen molar-refractivity contribution in [1.29, 1.82) is 0 Å². The van der Waals surface area contributed by atoms with Crippen molar-refractivity contribution in [3.63, 3.8) is 0 Å². The number of nitrogens with one attached hydrogen (secondary N) is 2. The van der Waals surface area contributed by atoms with Crippen LogP contribution < -0.4 is 10.6 Å². The molecule has 0 amide bonds. The average Bonchev–Trinajstić information content (AvgIpc) is 3.13. The van der Waals surface area contributed by atoms with E-state index in [0.717, 1.165) is 19.0 Å². The Morgan fingerprint density at radius 3 is 2.86 bits per heavy atom. The summed E-state index contributed by atoms with van der Waals surface area (Å²) >= 11 is 1.72. The summed E-state index contributed by atoms with van der Waals surface area (Å²) in [5.74, 6) is 2.36. The molecule has 0 aromatic carbocycles. The van der Waals surface area contributed by atoms with Gasteiger partial charge in [0.25, 0.3) is 0 Å². The number of hydrogen-bond acceptors (Lipinski definition) is 5. The molecule has 2 aromatic rings. The Labute approximate surface area is 151 Å². The van der Waals surface area contributed by atoms with E-state index in [-0.39, 0.29) is 24.0 Å². The third-order valence-corrected chi connectivity index (χ3v) is 3.68. The van der Waals surface area contributed by atoms with Crippen LogP contribution in [0.1, 0.15) is 37.0 Å². The highest BCUT2D eigenvalue weighted by Gasteiger charge is 2.07. The van der Waals surface area contributed by atoms with Crippen molar-refractivity contribution in [3.8, 4) is 0 Å². The molecule has 0 bridgehead atoms. The highest BCUT2D eigenvalue weighted by Crippen LogP contribution is 2.16. The van der Waals surface area contributed by atoms with Crippen LogP contribution in [0, 0.1) is 6.92 Å². The monoisotopic (exact) mass is 435 g/mol. The SMILES string of the molecule is CCNC(=NCc1noc(C)n1)NCC(C)c1ccsc1.I. The van der Waals surface area contributed by atoms with Gasteiger partial charge in [-0.2, -0.15) is 16.3 Å². The summed E-state index contributed by atoms with van der Waals surface area (Å²) in [6.07, 6.45) is 0. The molecule has 0 saturated heterocycles. The summed E-state index contributed by atoms with van der Waals surface area (Å²) < 4.78 is 4.93. The largest absolute Gasteiger partial charge is 0.357 e. The topological polar surface area (TPSA) is 75.3 Å². The number of rotatable bonds is 6. The van der Waals surface area contributed by atoms with Gasteiger partial charge in [-0.05, 0) is 35.2 Å². The predicted molar refractivity (Wildman–Crippen MR) is 100 cm³/mol. The maximum absolute atomic E-state index is 4.93. The van der Waals surface area contributed by atoms with E-state index in [1.165, 1.54) is 5.56 Å². The summed E-state index contributed by atoms with van der Waals surface area (Å²) in [4.78, 5) is 8.60. The van der Waals surface area contributed by atoms with Crippen LogP contribution >= 0.6 is 35.3 Å². The molecule has 22 heavy (non-hydrogen) atoms. The zero-order valence-corrected chi connectivity index (χ0v) is 16.1. The molecule has 0 radical (unpaired) electrons. The van der Waals surface area contributed by atoms with Gasteiger partial charge in [0.15, 0.2) is 11.8 Å².